The highest BCUT2D eigenvalue weighted by molar-refractivity contribution is 7.17. The van der Waals surface area contributed by atoms with Crippen LogP contribution in [0, 0.1) is 0 Å². The predicted octanol–water partition coefficient (Wildman–Crippen LogP) is 6.17. The molecule has 9 heteroatoms. The third kappa shape index (κ3) is 6.15. The molecular weight excluding hydrogens is 463 g/mol. The number of hydrogen-bond acceptors (Lipinski definition) is 5. The fourth-order valence-corrected chi connectivity index (χ4v) is 4.54. The summed E-state index contributed by atoms with van der Waals surface area (Å²) < 4.78 is 46.5. The van der Waals surface area contributed by atoms with Crippen molar-refractivity contribution in [3.63, 3.8) is 0 Å². The molecule has 34 heavy (non-hydrogen) atoms. The molecule has 0 bridgehead atoms. The molecule has 0 aliphatic carbocycles. The predicted molar refractivity (Wildman–Crippen MR) is 128 cm³/mol. The standard InChI is InChI=1S/C25H28F3N3O2S/c1-5-31(6-2)15-17-9-7-11-19(13-17)24-30-22(25(26,27)28)21(34-24)23(32)29-16(3)18-10-8-12-20(14-18)33-4/h7-14,16H,5-6,15H2,1-4H3,(H,29,32). The van der Waals surface area contributed by atoms with Crippen molar-refractivity contribution < 1.29 is 22.7 Å². The van der Waals surface area contributed by atoms with Gasteiger partial charge in [-0.1, -0.05) is 44.2 Å². The lowest BCUT2D eigenvalue weighted by molar-refractivity contribution is -0.141. The zero-order valence-electron chi connectivity index (χ0n) is 19.6. The average molecular weight is 492 g/mol. The minimum absolute atomic E-state index is 0.160. The van der Waals surface area contributed by atoms with Crippen molar-refractivity contribution in [2.24, 2.45) is 0 Å². The summed E-state index contributed by atoms with van der Waals surface area (Å²) in [6, 6.07) is 13.8. The van der Waals surface area contributed by atoms with Crippen LogP contribution < -0.4 is 10.1 Å². The number of aromatic nitrogens is 1. The zero-order valence-corrected chi connectivity index (χ0v) is 20.4. The number of hydrogen-bond donors (Lipinski definition) is 1. The monoisotopic (exact) mass is 491 g/mol. The molecule has 1 unspecified atom stereocenters. The highest BCUT2D eigenvalue weighted by Gasteiger charge is 2.40. The second kappa shape index (κ2) is 11.0. The molecule has 5 nitrogen and oxygen atoms in total. The Morgan fingerprint density at radius 1 is 1.15 bits per heavy atom. The zero-order chi connectivity index (χ0) is 24.9. The average Bonchev–Trinajstić information content (AvgIpc) is 3.29. The fourth-order valence-electron chi connectivity index (χ4n) is 3.55. The van der Waals surface area contributed by atoms with Crippen LogP contribution in [0.4, 0.5) is 13.2 Å². The van der Waals surface area contributed by atoms with E-state index < -0.39 is 28.7 Å². The van der Waals surface area contributed by atoms with Gasteiger partial charge in [-0.05, 0) is 49.3 Å². The number of rotatable bonds is 9. The Balaban J connectivity index is 1.90. The lowest BCUT2D eigenvalue weighted by Gasteiger charge is -2.18. The van der Waals surface area contributed by atoms with Gasteiger partial charge in [-0.15, -0.1) is 11.3 Å². The van der Waals surface area contributed by atoms with Gasteiger partial charge >= 0.3 is 6.18 Å². The van der Waals surface area contributed by atoms with Crippen molar-refractivity contribution in [2.75, 3.05) is 20.2 Å². The molecule has 0 aliphatic rings. The molecule has 1 N–H and O–H groups in total. The van der Waals surface area contributed by atoms with Crippen molar-refractivity contribution >= 4 is 17.2 Å². The van der Waals surface area contributed by atoms with E-state index in [-0.39, 0.29) is 5.01 Å². The van der Waals surface area contributed by atoms with Crippen molar-refractivity contribution in [1.29, 1.82) is 0 Å². The number of carbonyl (C=O) groups is 1. The number of carbonyl (C=O) groups excluding carboxylic acids is 1. The van der Waals surface area contributed by atoms with Crippen molar-refractivity contribution in [2.45, 2.75) is 39.5 Å². The van der Waals surface area contributed by atoms with Crippen LogP contribution in [0.3, 0.4) is 0 Å². The van der Waals surface area contributed by atoms with Crippen LogP contribution in [0.15, 0.2) is 48.5 Å². The minimum Gasteiger partial charge on any atom is -0.497 e. The van der Waals surface area contributed by atoms with Crippen molar-refractivity contribution in [3.8, 4) is 16.3 Å². The number of nitrogens with zero attached hydrogens (tertiary/aromatic N) is 2. The van der Waals surface area contributed by atoms with Gasteiger partial charge in [-0.3, -0.25) is 9.69 Å². The third-order valence-electron chi connectivity index (χ3n) is 5.52. The number of alkyl halides is 3. The van der Waals surface area contributed by atoms with Gasteiger partial charge in [0, 0.05) is 12.1 Å². The van der Waals surface area contributed by atoms with E-state index in [4.69, 9.17) is 4.74 Å². The molecule has 0 fully saturated rings. The van der Waals surface area contributed by atoms with Crippen LogP contribution in [0.5, 0.6) is 5.75 Å². The second-order valence-corrected chi connectivity index (χ2v) is 8.83. The largest absolute Gasteiger partial charge is 0.497 e. The molecule has 0 radical (unpaired) electrons. The van der Waals surface area contributed by atoms with Crippen LogP contribution in [0.25, 0.3) is 10.6 Å². The lowest BCUT2D eigenvalue weighted by Crippen LogP contribution is -2.28. The molecule has 0 saturated heterocycles. The first-order valence-electron chi connectivity index (χ1n) is 11.0. The summed E-state index contributed by atoms with van der Waals surface area (Å²) in [5.74, 6) is -0.218. The molecule has 1 aromatic heterocycles. The summed E-state index contributed by atoms with van der Waals surface area (Å²) in [7, 11) is 1.52. The minimum atomic E-state index is -4.75. The van der Waals surface area contributed by atoms with Crippen LogP contribution in [0.2, 0.25) is 0 Å². The summed E-state index contributed by atoms with van der Waals surface area (Å²) in [4.78, 5) is 18.5. The molecule has 1 amide bonds. The van der Waals surface area contributed by atoms with Gasteiger partial charge in [-0.25, -0.2) is 4.98 Å². The highest BCUT2D eigenvalue weighted by atomic mass is 32.1. The Hall–Kier alpha value is -2.91. The number of methoxy groups -OCH3 is 1. The van der Waals surface area contributed by atoms with E-state index >= 15 is 0 Å². The Morgan fingerprint density at radius 3 is 2.50 bits per heavy atom. The molecular formula is C25H28F3N3O2S. The normalized spacial score (nSPS) is 12.6. The van der Waals surface area contributed by atoms with Gasteiger partial charge in [-0.2, -0.15) is 13.2 Å². The lowest BCUT2D eigenvalue weighted by atomic mass is 10.1. The van der Waals surface area contributed by atoms with E-state index in [0.29, 0.717) is 17.9 Å². The maximum atomic E-state index is 13.8. The molecule has 1 atom stereocenters. The van der Waals surface area contributed by atoms with Gasteiger partial charge < -0.3 is 10.1 Å². The first-order chi connectivity index (χ1) is 16.2. The smallest absolute Gasteiger partial charge is 0.435 e. The van der Waals surface area contributed by atoms with E-state index in [9.17, 15) is 18.0 Å². The summed E-state index contributed by atoms with van der Waals surface area (Å²) in [6.07, 6.45) is -4.75. The maximum absolute atomic E-state index is 13.8. The van der Waals surface area contributed by atoms with E-state index in [1.165, 1.54) is 7.11 Å². The van der Waals surface area contributed by atoms with Gasteiger partial charge in [0.05, 0.1) is 13.2 Å². The fraction of sp³-hybridized carbons (Fsp3) is 0.360. The summed E-state index contributed by atoms with van der Waals surface area (Å²) in [6.45, 7) is 8.24. The molecule has 182 valence electrons. The number of amides is 1. The number of nitrogens with one attached hydrogen (secondary N) is 1. The van der Waals surface area contributed by atoms with Crippen LogP contribution in [-0.4, -0.2) is 36.0 Å². The molecule has 2 aromatic carbocycles. The van der Waals surface area contributed by atoms with E-state index in [0.717, 1.165) is 35.6 Å². The third-order valence-corrected chi connectivity index (χ3v) is 6.62. The first-order valence-corrected chi connectivity index (χ1v) is 11.8. The molecule has 0 spiro atoms. The van der Waals surface area contributed by atoms with E-state index in [2.05, 4.69) is 29.0 Å². The Morgan fingerprint density at radius 2 is 1.85 bits per heavy atom. The van der Waals surface area contributed by atoms with Crippen molar-refractivity contribution in [3.05, 3.63) is 70.2 Å². The first kappa shape index (κ1) is 25.7. The molecule has 3 rings (SSSR count). The van der Waals surface area contributed by atoms with Crippen molar-refractivity contribution in [1.82, 2.24) is 15.2 Å². The summed E-state index contributed by atoms with van der Waals surface area (Å²) in [5.41, 5.74) is 1.08. The number of benzene rings is 2. The SMILES string of the molecule is CCN(CC)Cc1cccc(-c2nc(C(F)(F)F)c(C(=O)NC(C)c3cccc(OC)c3)s2)c1. The molecule has 3 aromatic rings. The van der Waals surface area contributed by atoms with Crippen LogP contribution >= 0.6 is 11.3 Å². The van der Waals surface area contributed by atoms with Gasteiger partial charge in [0.25, 0.3) is 5.91 Å². The Bertz CT molecular complexity index is 1130. The second-order valence-electron chi connectivity index (χ2n) is 7.83. The van der Waals surface area contributed by atoms with Gasteiger partial charge in [0.1, 0.15) is 15.6 Å². The Labute approximate surface area is 201 Å². The summed E-state index contributed by atoms with van der Waals surface area (Å²) >= 11 is 0.750. The van der Waals surface area contributed by atoms with Crippen LogP contribution in [-0.2, 0) is 12.7 Å². The van der Waals surface area contributed by atoms with Gasteiger partial charge in [0.15, 0.2) is 5.69 Å². The quantitative estimate of drug-likeness (QED) is 0.389. The van der Waals surface area contributed by atoms with Gasteiger partial charge in [0.2, 0.25) is 0 Å². The molecule has 0 aliphatic heterocycles. The number of halogens is 3. The Kier molecular flexibility index (Phi) is 8.33. The topological polar surface area (TPSA) is 54.5 Å². The summed E-state index contributed by atoms with van der Waals surface area (Å²) in [5, 5.41) is 2.82. The number of ether oxygens (including phenoxy) is 1. The number of thiazole rings is 1. The molecule has 0 saturated carbocycles. The van der Waals surface area contributed by atoms with E-state index in [1.54, 1.807) is 43.3 Å². The van der Waals surface area contributed by atoms with Crippen LogP contribution in [0.1, 0.15) is 53.3 Å². The highest BCUT2D eigenvalue weighted by Crippen LogP contribution is 2.38. The molecule has 1 heterocycles. The van der Waals surface area contributed by atoms with E-state index in [1.807, 2.05) is 12.1 Å². The maximum Gasteiger partial charge on any atom is 0.435 e.